The molecular formula is CH2B3N. The SMILES string of the molecule is [B]C([B])([B])N. The van der Waals surface area contributed by atoms with Crippen molar-refractivity contribution in [2.45, 2.75) is 5.24 Å². The van der Waals surface area contributed by atoms with Gasteiger partial charge in [-0.15, -0.1) is 0 Å². The number of nitrogens with two attached hydrogens (primary N) is 1. The molecule has 0 fully saturated rings. The minimum atomic E-state index is -1.50. The van der Waals surface area contributed by atoms with E-state index in [0.29, 0.717) is 0 Å². The van der Waals surface area contributed by atoms with Crippen LogP contribution in [0.1, 0.15) is 0 Å². The van der Waals surface area contributed by atoms with Crippen LogP contribution in [0.25, 0.3) is 0 Å². The molecule has 4 heteroatoms. The Balaban J connectivity index is 3.02. The lowest BCUT2D eigenvalue weighted by Crippen LogP contribution is -2.41. The fourth-order valence-corrected chi connectivity index (χ4v) is 0. The van der Waals surface area contributed by atoms with Gasteiger partial charge >= 0.3 is 0 Å². The molecule has 0 atom stereocenters. The van der Waals surface area contributed by atoms with Gasteiger partial charge in [-0.1, -0.05) is 5.24 Å². The van der Waals surface area contributed by atoms with Crippen LogP contribution in [0.15, 0.2) is 0 Å². The predicted molar refractivity (Wildman–Crippen MR) is 24.2 cm³/mol. The average molecular weight is 60.5 g/mol. The lowest BCUT2D eigenvalue weighted by molar-refractivity contribution is 1.17. The average Bonchev–Trinajstić information content (AvgIpc) is 0.722. The first-order valence-corrected chi connectivity index (χ1v) is 1.15. The predicted octanol–water partition coefficient (Wildman–Crippen LogP) is -1.94. The lowest BCUT2D eigenvalue weighted by atomic mass is 9.50. The molecule has 0 spiro atoms. The standard InChI is InChI=1S/CH2B3N/c2-1(3,4)5/h5H2. The number of hydrogen-bond donors (Lipinski definition) is 1. The Hall–Kier alpha value is 0.155. The van der Waals surface area contributed by atoms with Gasteiger partial charge in [0, 0.05) is 0 Å². The highest BCUT2D eigenvalue weighted by molar-refractivity contribution is 6.58. The van der Waals surface area contributed by atoms with E-state index in [4.69, 9.17) is 0 Å². The molecule has 0 saturated heterocycles. The minimum Gasteiger partial charge on any atom is -0.349 e. The highest BCUT2D eigenvalue weighted by Gasteiger charge is 1.95. The van der Waals surface area contributed by atoms with Gasteiger partial charge in [-0.25, -0.2) is 0 Å². The monoisotopic (exact) mass is 61.0 g/mol. The maximum absolute atomic E-state index is 4.69. The summed E-state index contributed by atoms with van der Waals surface area (Å²) in [6.07, 6.45) is 0. The lowest BCUT2D eigenvalue weighted by Gasteiger charge is -2.07. The zero-order chi connectivity index (χ0) is 4.50. The first-order chi connectivity index (χ1) is 2.00. The van der Waals surface area contributed by atoms with Crippen molar-refractivity contribution in [1.29, 1.82) is 0 Å². The van der Waals surface area contributed by atoms with Crippen molar-refractivity contribution >= 4 is 23.5 Å². The second-order valence-corrected chi connectivity index (χ2v) is 1.00. The molecular weight excluding hydrogens is 58.5 g/mol. The largest absolute Gasteiger partial charge is 0.349 e. The van der Waals surface area contributed by atoms with Crippen LogP contribution < -0.4 is 5.73 Å². The van der Waals surface area contributed by atoms with E-state index in [9.17, 15) is 0 Å². The normalized spacial score (nSPS) is 11.4. The van der Waals surface area contributed by atoms with Crippen molar-refractivity contribution < 1.29 is 0 Å². The number of hydrogen-bond acceptors (Lipinski definition) is 1. The van der Waals surface area contributed by atoms with Gasteiger partial charge in [-0.3, -0.25) is 0 Å². The topological polar surface area (TPSA) is 26.0 Å². The molecule has 0 aliphatic rings. The van der Waals surface area contributed by atoms with Crippen LogP contribution in [-0.4, -0.2) is 28.8 Å². The van der Waals surface area contributed by atoms with E-state index in [0.717, 1.165) is 0 Å². The van der Waals surface area contributed by atoms with Gasteiger partial charge in [0.25, 0.3) is 0 Å². The molecule has 2 N–H and O–H groups in total. The Morgan fingerprint density at radius 3 is 1.20 bits per heavy atom. The summed E-state index contributed by atoms with van der Waals surface area (Å²) >= 11 is 0. The van der Waals surface area contributed by atoms with Gasteiger partial charge < -0.3 is 5.73 Å². The molecule has 0 amide bonds. The minimum absolute atomic E-state index is 1.50. The van der Waals surface area contributed by atoms with Gasteiger partial charge in [-0.05, 0) is 0 Å². The van der Waals surface area contributed by atoms with E-state index in [-0.39, 0.29) is 0 Å². The molecule has 0 aromatic carbocycles. The molecule has 0 aliphatic heterocycles. The second-order valence-electron chi connectivity index (χ2n) is 1.00. The van der Waals surface area contributed by atoms with E-state index in [2.05, 4.69) is 29.3 Å². The molecule has 20 valence electrons. The van der Waals surface area contributed by atoms with Crippen molar-refractivity contribution in [3.05, 3.63) is 0 Å². The Labute approximate surface area is 35.5 Å². The molecule has 0 rings (SSSR count). The highest BCUT2D eigenvalue weighted by atomic mass is 14.6. The van der Waals surface area contributed by atoms with Crippen LogP contribution in [0.3, 0.4) is 0 Å². The van der Waals surface area contributed by atoms with Crippen LogP contribution in [0.4, 0.5) is 0 Å². The first-order valence-electron chi connectivity index (χ1n) is 1.15. The third kappa shape index (κ3) is 805. The maximum Gasteiger partial charge on any atom is 0.0691 e. The van der Waals surface area contributed by atoms with Crippen LogP contribution in [0.5, 0.6) is 0 Å². The van der Waals surface area contributed by atoms with E-state index in [1.54, 1.807) is 0 Å². The Morgan fingerprint density at radius 1 is 1.20 bits per heavy atom. The maximum atomic E-state index is 4.69. The third-order valence-electron chi connectivity index (χ3n) is 0. The molecule has 0 aromatic rings. The van der Waals surface area contributed by atoms with Crippen LogP contribution in [0, 0.1) is 0 Å². The van der Waals surface area contributed by atoms with Crippen molar-refractivity contribution in [2.24, 2.45) is 5.73 Å². The summed E-state index contributed by atoms with van der Waals surface area (Å²) < 4.78 is 0. The first kappa shape index (κ1) is 5.15. The van der Waals surface area contributed by atoms with Crippen molar-refractivity contribution in [3.63, 3.8) is 0 Å². The van der Waals surface area contributed by atoms with Crippen LogP contribution >= 0.6 is 0 Å². The number of rotatable bonds is 0. The van der Waals surface area contributed by atoms with Gasteiger partial charge in [0.2, 0.25) is 0 Å². The molecule has 0 heterocycles. The third-order valence-corrected chi connectivity index (χ3v) is 0. The van der Waals surface area contributed by atoms with Gasteiger partial charge in [0.1, 0.15) is 0 Å². The second kappa shape index (κ2) is 1.09. The summed E-state index contributed by atoms with van der Waals surface area (Å²) in [6, 6.07) is 0. The molecule has 0 saturated carbocycles. The summed E-state index contributed by atoms with van der Waals surface area (Å²) in [5.41, 5.74) is 4.69. The zero-order valence-corrected chi connectivity index (χ0v) is 2.81. The van der Waals surface area contributed by atoms with Crippen molar-refractivity contribution in [1.82, 2.24) is 0 Å². The quantitative estimate of drug-likeness (QED) is 0.324. The van der Waals surface area contributed by atoms with E-state index in [1.807, 2.05) is 0 Å². The van der Waals surface area contributed by atoms with E-state index in [1.165, 1.54) is 0 Å². The summed E-state index contributed by atoms with van der Waals surface area (Å²) in [5.74, 6) is 0. The molecule has 5 heavy (non-hydrogen) atoms. The van der Waals surface area contributed by atoms with E-state index < -0.39 is 5.24 Å². The molecule has 0 aromatic heterocycles. The van der Waals surface area contributed by atoms with Crippen LogP contribution in [-0.2, 0) is 0 Å². The zero-order valence-electron chi connectivity index (χ0n) is 2.81. The Bertz CT molecular complexity index is 22.4. The smallest absolute Gasteiger partial charge is 0.0691 e. The van der Waals surface area contributed by atoms with Crippen LogP contribution in [0.2, 0.25) is 0 Å². The molecule has 0 unspecified atom stereocenters. The van der Waals surface area contributed by atoms with Gasteiger partial charge in [0.15, 0.2) is 0 Å². The van der Waals surface area contributed by atoms with Crippen molar-refractivity contribution in [3.8, 4) is 0 Å². The fraction of sp³-hybridized carbons (Fsp3) is 1.00. The van der Waals surface area contributed by atoms with Gasteiger partial charge in [-0.2, -0.15) is 0 Å². The fourth-order valence-electron chi connectivity index (χ4n) is 0. The summed E-state index contributed by atoms with van der Waals surface area (Å²) in [7, 11) is 14.1. The van der Waals surface area contributed by atoms with E-state index >= 15 is 0 Å². The Morgan fingerprint density at radius 2 is 1.20 bits per heavy atom. The summed E-state index contributed by atoms with van der Waals surface area (Å²) in [4.78, 5) is 0. The van der Waals surface area contributed by atoms with Gasteiger partial charge in [0.05, 0.1) is 23.5 Å². The van der Waals surface area contributed by atoms with Crippen molar-refractivity contribution in [2.75, 3.05) is 0 Å². The Kier molecular flexibility index (Phi) is 1.13. The molecule has 0 bridgehead atoms. The summed E-state index contributed by atoms with van der Waals surface area (Å²) in [5, 5.41) is -1.50. The highest BCUT2D eigenvalue weighted by Crippen LogP contribution is 1.65. The molecule has 0 aliphatic carbocycles. The molecule has 6 radical (unpaired) electrons. The molecule has 1 nitrogen and oxygen atoms in total. The summed E-state index contributed by atoms with van der Waals surface area (Å²) in [6.45, 7) is 0.